The molecule has 0 bridgehead atoms. The summed E-state index contributed by atoms with van der Waals surface area (Å²) >= 11 is 0. The summed E-state index contributed by atoms with van der Waals surface area (Å²) in [4.78, 5) is 38.0. The number of rotatable bonds is 8. The third-order valence-corrected chi connectivity index (χ3v) is 7.00. The maximum Gasteiger partial charge on any atom is 0.303 e. The maximum absolute atomic E-state index is 13.5. The Morgan fingerprint density at radius 1 is 0.897 bits per heavy atom. The number of anilines is 2. The lowest BCUT2D eigenvalue weighted by Gasteiger charge is -2.36. The number of nitrogens with zero attached hydrogens (tertiary/aromatic N) is 4. The summed E-state index contributed by atoms with van der Waals surface area (Å²) in [7, 11) is 0. The summed E-state index contributed by atoms with van der Waals surface area (Å²) in [5.74, 6) is -1.24. The maximum atomic E-state index is 13.5. The first-order valence-electron chi connectivity index (χ1n) is 13.1. The van der Waals surface area contributed by atoms with Crippen LogP contribution in [0, 0.1) is 5.82 Å². The lowest BCUT2D eigenvalue weighted by molar-refractivity contribution is -0.137. The SMILES string of the molecule is Nc1ccccc1N1CCN(C(=O)c2ccc3nc(-c4ccc(F)cc4)c(CCCCC(=O)O)nc3c2)CC1. The zero-order valence-corrected chi connectivity index (χ0v) is 21.5. The standard InChI is InChI=1S/C30H30FN5O3/c31-22-12-9-20(10-13-22)29-25(6-2-4-8-28(37)38)33-26-19-21(11-14-24(26)34-29)30(39)36-17-15-35(16-18-36)27-7-3-1-5-23(27)32/h1,3,5,7,9-14,19H,2,4,6,8,15-18,32H2,(H,37,38). The summed E-state index contributed by atoms with van der Waals surface area (Å²) in [5, 5.41) is 8.98. The molecule has 1 aliphatic heterocycles. The molecular weight excluding hydrogens is 497 g/mol. The Labute approximate surface area is 225 Å². The van der Waals surface area contributed by atoms with Crippen LogP contribution in [0.25, 0.3) is 22.3 Å². The Hall–Kier alpha value is -4.53. The average Bonchev–Trinajstić information content (AvgIpc) is 2.95. The molecule has 39 heavy (non-hydrogen) atoms. The van der Waals surface area contributed by atoms with Crippen LogP contribution >= 0.6 is 0 Å². The van der Waals surface area contributed by atoms with Crippen molar-refractivity contribution in [3.63, 3.8) is 0 Å². The van der Waals surface area contributed by atoms with Crippen LogP contribution in [0.3, 0.4) is 0 Å². The molecule has 5 rings (SSSR count). The molecule has 1 aliphatic rings. The highest BCUT2D eigenvalue weighted by molar-refractivity contribution is 5.97. The van der Waals surface area contributed by atoms with Crippen LogP contribution in [0.1, 0.15) is 35.3 Å². The molecule has 1 fully saturated rings. The van der Waals surface area contributed by atoms with Gasteiger partial charge < -0.3 is 20.6 Å². The number of unbranched alkanes of at least 4 members (excludes halogenated alkanes) is 1. The van der Waals surface area contributed by atoms with Gasteiger partial charge in [0.05, 0.1) is 33.8 Å². The minimum Gasteiger partial charge on any atom is -0.481 e. The Kier molecular flexibility index (Phi) is 7.67. The molecule has 1 saturated heterocycles. The fourth-order valence-electron chi connectivity index (χ4n) is 4.91. The minimum atomic E-state index is -0.838. The van der Waals surface area contributed by atoms with E-state index in [0.717, 1.165) is 16.9 Å². The highest BCUT2D eigenvalue weighted by atomic mass is 19.1. The molecule has 4 aromatic rings. The Balaban J connectivity index is 1.37. The third kappa shape index (κ3) is 5.98. The van der Waals surface area contributed by atoms with E-state index in [9.17, 15) is 14.0 Å². The van der Waals surface area contributed by atoms with E-state index in [4.69, 9.17) is 20.8 Å². The number of aliphatic carboxylic acids is 1. The predicted octanol–water partition coefficient (Wildman–Crippen LogP) is 4.78. The number of carbonyl (C=O) groups excluding carboxylic acids is 1. The highest BCUT2D eigenvalue weighted by Gasteiger charge is 2.24. The third-order valence-electron chi connectivity index (χ3n) is 7.00. The number of carboxylic acids is 1. The fourth-order valence-corrected chi connectivity index (χ4v) is 4.91. The number of halogens is 1. The van der Waals surface area contributed by atoms with Crippen LogP contribution in [0.2, 0.25) is 0 Å². The van der Waals surface area contributed by atoms with Crippen LogP contribution in [-0.2, 0) is 11.2 Å². The molecule has 3 N–H and O–H groups in total. The fraction of sp³-hybridized carbons (Fsp3) is 0.267. The number of carbonyl (C=O) groups is 2. The first kappa shape index (κ1) is 26.1. The molecule has 200 valence electrons. The van der Waals surface area contributed by atoms with Gasteiger partial charge >= 0.3 is 5.97 Å². The van der Waals surface area contributed by atoms with Crippen molar-refractivity contribution in [2.45, 2.75) is 25.7 Å². The van der Waals surface area contributed by atoms with Crippen molar-refractivity contribution in [3.8, 4) is 11.3 Å². The summed E-state index contributed by atoms with van der Waals surface area (Å²) in [6.45, 7) is 2.54. The van der Waals surface area contributed by atoms with E-state index in [2.05, 4.69) is 4.90 Å². The Morgan fingerprint density at radius 3 is 2.36 bits per heavy atom. The summed E-state index contributed by atoms with van der Waals surface area (Å²) in [5.41, 5.74) is 11.7. The minimum absolute atomic E-state index is 0.0648. The zero-order chi connectivity index (χ0) is 27.4. The van der Waals surface area contributed by atoms with Crippen molar-refractivity contribution >= 4 is 34.3 Å². The van der Waals surface area contributed by atoms with Gasteiger partial charge in [0.2, 0.25) is 0 Å². The number of aryl methyl sites for hydroxylation is 1. The van der Waals surface area contributed by atoms with E-state index < -0.39 is 5.97 Å². The summed E-state index contributed by atoms with van der Waals surface area (Å²) < 4.78 is 13.5. The number of nitrogens with two attached hydrogens (primary N) is 1. The van der Waals surface area contributed by atoms with E-state index >= 15 is 0 Å². The van der Waals surface area contributed by atoms with Crippen LogP contribution in [0.4, 0.5) is 15.8 Å². The molecule has 3 aromatic carbocycles. The van der Waals surface area contributed by atoms with Gasteiger partial charge in [0.1, 0.15) is 5.82 Å². The molecule has 8 nitrogen and oxygen atoms in total. The molecule has 1 aromatic heterocycles. The number of amides is 1. The van der Waals surface area contributed by atoms with Gasteiger partial charge in [-0.05, 0) is 73.9 Å². The molecule has 2 heterocycles. The van der Waals surface area contributed by atoms with Gasteiger partial charge in [-0.15, -0.1) is 0 Å². The largest absolute Gasteiger partial charge is 0.481 e. The topological polar surface area (TPSA) is 113 Å². The number of hydrogen-bond acceptors (Lipinski definition) is 6. The molecule has 1 amide bonds. The van der Waals surface area contributed by atoms with E-state index in [1.165, 1.54) is 12.1 Å². The first-order chi connectivity index (χ1) is 18.9. The van der Waals surface area contributed by atoms with E-state index in [1.807, 2.05) is 29.2 Å². The second-order valence-corrected chi connectivity index (χ2v) is 9.67. The Morgan fingerprint density at radius 2 is 1.64 bits per heavy atom. The van der Waals surface area contributed by atoms with Gasteiger partial charge in [-0.3, -0.25) is 9.59 Å². The monoisotopic (exact) mass is 527 g/mol. The second kappa shape index (κ2) is 11.5. The van der Waals surface area contributed by atoms with Crippen molar-refractivity contribution < 1.29 is 19.1 Å². The number of nitrogen functional groups attached to an aromatic ring is 1. The van der Waals surface area contributed by atoms with Crippen molar-refractivity contribution in [2.75, 3.05) is 36.8 Å². The van der Waals surface area contributed by atoms with Crippen molar-refractivity contribution in [1.82, 2.24) is 14.9 Å². The molecule has 9 heteroatoms. The molecule has 0 aliphatic carbocycles. The zero-order valence-electron chi connectivity index (χ0n) is 21.5. The van der Waals surface area contributed by atoms with E-state index in [0.29, 0.717) is 73.4 Å². The predicted molar refractivity (Wildman–Crippen MR) is 149 cm³/mol. The number of benzene rings is 3. The molecule has 0 radical (unpaired) electrons. The van der Waals surface area contributed by atoms with Gasteiger partial charge in [-0.2, -0.15) is 0 Å². The molecular formula is C30H30FN5O3. The quantitative estimate of drug-likeness (QED) is 0.251. The van der Waals surface area contributed by atoms with Crippen LogP contribution in [0.15, 0.2) is 66.7 Å². The molecule has 0 atom stereocenters. The number of aromatic nitrogens is 2. The first-order valence-corrected chi connectivity index (χ1v) is 13.1. The van der Waals surface area contributed by atoms with Gasteiger partial charge in [-0.25, -0.2) is 14.4 Å². The number of hydrogen-bond donors (Lipinski definition) is 2. The van der Waals surface area contributed by atoms with Gasteiger partial charge in [0.25, 0.3) is 5.91 Å². The van der Waals surface area contributed by atoms with Crippen LogP contribution < -0.4 is 10.6 Å². The van der Waals surface area contributed by atoms with Gasteiger partial charge in [-0.1, -0.05) is 12.1 Å². The van der Waals surface area contributed by atoms with Crippen LogP contribution in [-0.4, -0.2) is 58.0 Å². The normalized spacial score (nSPS) is 13.6. The lowest BCUT2D eigenvalue weighted by Crippen LogP contribution is -2.49. The van der Waals surface area contributed by atoms with E-state index in [-0.39, 0.29) is 18.1 Å². The van der Waals surface area contributed by atoms with E-state index in [1.54, 1.807) is 30.3 Å². The number of fused-ring (bicyclic) bond motifs is 1. The second-order valence-electron chi connectivity index (χ2n) is 9.67. The number of piperazine rings is 1. The molecule has 0 spiro atoms. The van der Waals surface area contributed by atoms with Gasteiger partial charge in [0.15, 0.2) is 0 Å². The lowest BCUT2D eigenvalue weighted by atomic mass is 10.0. The van der Waals surface area contributed by atoms with Gasteiger partial charge in [0, 0.05) is 43.7 Å². The summed E-state index contributed by atoms with van der Waals surface area (Å²) in [6.07, 6.45) is 1.73. The smallest absolute Gasteiger partial charge is 0.303 e. The van der Waals surface area contributed by atoms with Crippen molar-refractivity contribution in [3.05, 3.63) is 83.8 Å². The molecule has 0 saturated carbocycles. The average molecular weight is 528 g/mol. The molecule has 0 unspecified atom stereocenters. The Bertz CT molecular complexity index is 1500. The number of carboxylic acid groups (broad SMARTS) is 1. The van der Waals surface area contributed by atoms with Crippen molar-refractivity contribution in [2.24, 2.45) is 0 Å². The van der Waals surface area contributed by atoms with Crippen molar-refractivity contribution in [1.29, 1.82) is 0 Å². The summed E-state index contributed by atoms with van der Waals surface area (Å²) in [6, 6.07) is 19.1. The highest BCUT2D eigenvalue weighted by Crippen LogP contribution is 2.27. The number of para-hydroxylation sites is 2. The van der Waals surface area contributed by atoms with Crippen LogP contribution in [0.5, 0.6) is 0 Å².